The molecule has 0 aliphatic carbocycles. The Kier molecular flexibility index (Phi) is 3.45. The minimum Gasteiger partial charge on any atom is -0.399 e. The molecule has 1 N–H and O–H groups in total. The summed E-state index contributed by atoms with van der Waals surface area (Å²) < 4.78 is 37.1. The first-order valence-electron chi connectivity index (χ1n) is 5.79. The van der Waals surface area contributed by atoms with E-state index in [1.165, 1.54) is 11.3 Å². The molecule has 0 spiro atoms. The van der Waals surface area contributed by atoms with E-state index in [9.17, 15) is 8.42 Å². The summed E-state index contributed by atoms with van der Waals surface area (Å²) in [5.74, 6) is 0. The van der Waals surface area contributed by atoms with Gasteiger partial charge in [0.15, 0.2) is 5.13 Å². The molecule has 1 aliphatic heterocycles. The average molecular weight is 304 g/mol. The highest BCUT2D eigenvalue weighted by Crippen LogP contribution is 2.37. The summed E-state index contributed by atoms with van der Waals surface area (Å²) in [7, 11) is -3.83. The van der Waals surface area contributed by atoms with Crippen LogP contribution >= 0.6 is 11.3 Å². The van der Waals surface area contributed by atoms with Crippen LogP contribution in [0.15, 0.2) is 6.20 Å². The first-order valence-corrected chi connectivity index (χ1v) is 8.50. The van der Waals surface area contributed by atoms with E-state index in [-0.39, 0.29) is 0 Å². The molecule has 1 fully saturated rings. The van der Waals surface area contributed by atoms with Gasteiger partial charge in [-0.3, -0.25) is 4.72 Å². The van der Waals surface area contributed by atoms with Gasteiger partial charge < -0.3 is 9.31 Å². The van der Waals surface area contributed by atoms with Crippen molar-refractivity contribution in [3.63, 3.8) is 0 Å². The summed E-state index contributed by atoms with van der Waals surface area (Å²) in [4.78, 5) is 4.01. The highest BCUT2D eigenvalue weighted by atomic mass is 32.2. The topological polar surface area (TPSA) is 77.5 Å². The molecule has 106 valence electrons. The van der Waals surface area contributed by atoms with Gasteiger partial charge in [0.25, 0.3) is 0 Å². The van der Waals surface area contributed by atoms with Crippen molar-refractivity contribution in [2.75, 3.05) is 11.0 Å². The normalized spacial score (nSPS) is 21.6. The van der Waals surface area contributed by atoms with Gasteiger partial charge in [-0.05, 0) is 27.7 Å². The molecule has 1 aromatic rings. The largest absolute Gasteiger partial charge is 0.507 e. The van der Waals surface area contributed by atoms with Crippen LogP contribution in [-0.2, 0) is 19.3 Å². The Labute approximate surface area is 117 Å². The van der Waals surface area contributed by atoms with Crippen LogP contribution < -0.4 is 9.50 Å². The molecule has 0 aromatic carbocycles. The van der Waals surface area contributed by atoms with Crippen LogP contribution in [0.25, 0.3) is 0 Å². The van der Waals surface area contributed by atoms with E-state index in [4.69, 9.17) is 9.31 Å². The second-order valence-electron chi connectivity index (χ2n) is 5.53. The molecule has 2 heterocycles. The summed E-state index contributed by atoms with van der Waals surface area (Å²) in [5.41, 5.74) is -0.849. The number of rotatable bonds is 3. The van der Waals surface area contributed by atoms with E-state index in [0.29, 0.717) is 5.13 Å². The number of hydrogen-bond acceptors (Lipinski definition) is 6. The summed E-state index contributed by atoms with van der Waals surface area (Å²) in [6.45, 7) is 7.85. The predicted octanol–water partition coefficient (Wildman–Crippen LogP) is 0.814. The molecule has 0 atom stereocenters. The van der Waals surface area contributed by atoms with Crippen molar-refractivity contribution in [3.8, 4) is 0 Å². The lowest BCUT2D eigenvalue weighted by Gasteiger charge is -2.32. The van der Waals surface area contributed by atoms with Crippen LogP contribution in [0.1, 0.15) is 27.7 Å². The number of anilines is 1. The third kappa shape index (κ3) is 3.10. The lowest BCUT2D eigenvalue weighted by Crippen LogP contribution is -2.41. The maximum absolute atomic E-state index is 11.1. The number of hydrogen-bond donors (Lipinski definition) is 1. The molecule has 0 amide bonds. The first-order chi connectivity index (χ1) is 8.50. The Morgan fingerprint density at radius 2 is 1.79 bits per heavy atom. The number of nitrogens with one attached hydrogen (secondary N) is 1. The Morgan fingerprint density at radius 1 is 1.26 bits per heavy atom. The van der Waals surface area contributed by atoms with Crippen molar-refractivity contribution >= 4 is 38.4 Å². The van der Waals surface area contributed by atoms with Gasteiger partial charge >= 0.3 is 7.12 Å². The average Bonchev–Trinajstić information content (AvgIpc) is 2.68. The van der Waals surface area contributed by atoms with Crippen LogP contribution in [-0.4, -0.2) is 38.0 Å². The third-order valence-corrected chi connectivity index (χ3v) is 4.91. The summed E-state index contributed by atoms with van der Waals surface area (Å²) in [6.07, 6.45) is 2.66. The van der Waals surface area contributed by atoms with Crippen molar-refractivity contribution in [2.24, 2.45) is 0 Å². The highest BCUT2D eigenvalue weighted by molar-refractivity contribution is 7.92. The Hall–Kier alpha value is -0.635. The van der Waals surface area contributed by atoms with Crippen molar-refractivity contribution in [3.05, 3.63) is 6.20 Å². The van der Waals surface area contributed by atoms with E-state index < -0.39 is 28.3 Å². The van der Waals surface area contributed by atoms with E-state index in [1.54, 1.807) is 6.20 Å². The van der Waals surface area contributed by atoms with E-state index in [0.717, 1.165) is 11.0 Å². The van der Waals surface area contributed by atoms with Gasteiger partial charge in [0, 0.05) is 6.20 Å². The van der Waals surface area contributed by atoms with Gasteiger partial charge in [-0.1, -0.05) is 0 Å². The second kappa shape index (κ2) is 4.44. The first kappa shape index (κ1) is 14.8. The predicted molar refractivity (Wildman–Crippen MR) is 76.3 cm³/mol. The van der Waals surface area contributed by atoms with Gasteiger partial charge in [-0.25, -0.2) is 13.4 Å². The zero-order valence-electron chi connectivity index (χ0n) is 11.6. The molecule has 0 unspecified atom stereocenters. The monoisotopic (exact) mass is 304 g/mol. The third-order valence-electron chi connectivity index (χ3n) is 3.28. The molecule has 19 heavy (non-hydrogen) atoms. The lowest BCUT2D eigenvalue weighted by atomic mass is 9.89. The van der Waals surface area contributed by atoms with Crippen LogP contribution in [0.2, 0.25) is 0 Å². The SMILES string of the molecule is CC1(C)OB(c2cnc(NS(C)(=O)=O)s2)OC1(C)C. The molecule has 6 nitrogen and oxygen atoms in total. The summed E-state index contributed by atoms with van der Waals surface area (Å²) in [5, 5.41) is 0.312. The molecular weight excluding hydrogens is 287 g/mol. The van der Waals surface area contributed by atoms with Gasteiger partial charge in [0.1, 0.15) is 0 Å². The van der Waals surface area contributed by atoms with Gasteiger partial charge in [0.2, 0.25) is 10.0 Å². The minimum absolute atomic E-state index is 0.312. The lowest BCUT2D eigenvalue weighted by molar-refractivity contribution is 0.00578. The molecule has 0 saturated carbocycles. The quantitative estimate of drug-likeness (QED) is 0.836. The number of nitrogens with zero attached hydrogens (tertiary/aromatic N) is 1. The fourth-order valence-electron chi connectivity index (χ4n) is 1.56. The van der Waals surface area contributed by atoms with Gasteiger partial charge in [0.05, 0.1) is 22.2 Å². The summed E-state index contributed by atoms with van der Waals surface area (Å²) in [6, 6.07) is 0. The Bertz CT molecular complexity index is 566. The van der Waals surface area contributed by atoms with Crippen LogP contribution in [0.3, 0.4) is 0 Å². The zero-order chi connectivity index (χ0) is 14.5. The van der Waals surface area contributed by atoms with Crippen molar-refractivity contribution in [1.29, 1.82) is 0 Å². The molecule has 2 rings (SSSR count). The van der Waals surface area contributed by atoms with Crippen molar-refractivity contribution < 1.29 is 17.7 Å². The molecular formula is C10H17BN2O4S2. The minimum atomic E-state index is -3.32. The molecule has 1 saturated heterocycles. The van der Waals surface area contributed by atoms with E-state index >= 15 is 0 Å². The van der Waals surface area contributed by atoms with Crippen LogP contribution in [0.4, 0.5) is 5.13 Å². The fourth-order valence-corrected chi connectivity index (χ4v) is 3.18. The molecule has 0 bridgehead atoms. The fraction of sp³-hybridized carbons (Fsp3) is 0.700. The maximum atomic E-state index is 11.1. The standard InChI is InChI=1S/C10H17BN2O4S2/c1-9(2)10(3,4)17-11(16-9)7-6-12-8(18-7)13-19(5,14)15/h6H,1-5H3,(H,12,13). The zero-order valence-corrected chi connectivity index (χ0v) is 13.2. The van der Waals surface area contributed by atoms with Gasteiger partial charge in [-0.2, -0.15) is 0 Å². The van der Waals surface area contributed by atoms with Crippen molar-refractivity contribution in [1.82, 2.24) is 4.98 Å². The molecule has 1 aliphatic rings. The smallest absolute Gasteiger partial charge is 0.399 e. The van der Waals surface area contributed by atoms with E-state index in [2.05, 4.69) is 9.71 Å². The van der Waals surface area contributed by atoms with Crippen molar-refractivity contribution in [2.45, 2.75) is 38.9 Å². The number of aromatic nitrogens is 1. The van der Waals surface area contributed by atoms with Gasteiger partial charge in [-0.15, -0.1) is 11.3 Å². The van der Waals surface area contributed by atoms with Crippen LogP contribution in [0.5, 0.6) is 0 Å². The summed E-state index contributed by atoms with van der Waals surface area (Å²) >= 11 is 1.21. The highest BCUT2D eigenvalue weighted by Gasteiger charge is 2.52. The molecule has 9 heteroatoms. The number of thiazole rings is 1. The Morgan fingerprint density at radius 3 is 2.26 bits per heavy atom. The molecule has 0 radical (unpaired) electrons. The molecule has 1 aromatic heterocycles. The number of sulfonamides is 1. The van der Waals surface area contributed by atoms with Crippen LogP contribution in [0, 0.1) is 0 Å². The maximum Gasteiger partial charge on any atom is 0.507 e. The second-order valence-corrected chi connectivity index (χ2v) is 8.34. The van der Waals surface area contributed by atoms with E-state index in [1.807, 2.05) is 27.7 Å². The Balaban J connectivity index is 2.17.